The SMILES string of the molecule is NCc1cccc(-c2ccc([C@H]3O[C@@H](CN4CCC(n5c(=O)[nH]c6ccccc65)CC4)C[C@@H](c4ccc(CO)cc4)O3)cc2)c1. The lowest BCUT2D eigenvalue weighted by atomic mass is 9.98. The largest absolute Gasteiger partial charge is 0.392 e. The summed E-state index contributed by atoms with van der Waals surface area (Å²) in [7, 11) is 0. The van der Waals surface area contributed by atoms with Crippen LogP contribution in [0.5, 0.6) is 0 Å². The zero-order valence-corrected chi connectivity index (χ0v) is 25.3. The maximum atomic E-state index is 12.8. The van der Waals surface area contributed by atoms with Gasteiger partial charge in [-0.2, -0.15) is 0 Å². The van der Waals surface area contributed by atoms with Gasteiger partial charge in [-0.3, -0.25) is 4.57 Å². The van der Waals surface area contributed by atoms with Crippen molar-refractivity contribution in [2.24, 2.45) is 5.73 Å². The number of nitrogens with zero attached hydrogens (tertiary/aromatic N) is 2. The van der Waals surface area contributed by atoms with Gasteiger partial charge in [0.25, 0.3) is 0 Å². The van der Waals surface area contributed by atoms with Gasteiger partial charge in [0, 0.05) is 44.2 Å². The van der Waals surface area contributed by atoms with Crippen LogP contribution < -0.4 is 11.4 Å². The van der Waals surface area contributed by atoms with Crippen LogP contribution in [0.3, 0.4) is 0 Å². The molecular formula is C37H40N4O4. The van der Waals surface area contributed by atoms with Gasteiger partial charge in [0.15, 0.2) is 6.29 Å². The number of fused-ring (bicyclic) bond motifs is 1. The number of ether oxygens (including phenoxy) is 2. The molecule has 5 aromatic rings. The van der Waals surface area contributed by atoms with Crippen LogP contribution in [0.25, 0.3) is 22.2 Å². The van der Waals surface area contributed by atoms with E-state index < -0.39 is 6.29 Å². The molecule has 4 N–H and O–H groups in total. The quantitative estimate of drug-likeness (QED) is 0.206. The number of nitrogens with two attached hydrogens (primary N) is 1. The van der Waals surface area contributed by atoms with Crippen LogP contribution >= 0.6 is 0 Å². The summed E-state index contributed by atoms with van der Waals surface area (Å²) in [6, 6.07) is 32.8. The van der Waals surface area contributed by atoms with E-state index in [-0.39, 0.29) is 30.5 Å². The lowest BCUT2D eigenvalue weighted by Gasteiger charge is -2.40. The number of para-hydroxylation sites is 2. The first kappa shape index (κ1) is 29.6. The standard InChI is InChI=1S/C37H40N4O4/c38-22-26-4-3-5-30(20-26)27-12-14-29(15-13-27)36-44-32(21-35(45-36)28-10-8-25(24-42)9-11-28)23-40-18-16-31(17-19-40)41-34-7-2-1-6-33(34)39-37(41)43/h1-15,20,31-32,35-36,42H,16-19,21-24,38H2,(H,39,43)/t32-,35+,36+/m1/s1. The summed E-state index contributed by atoms with van der Waals surface area (Å²) in [5.74, 6) is 0. The fourth-order valence-electron chi connectivity index (χ4n) is 6.83. The van der Waals surface area contributed by atoms with Crippen molar-refractivity contribution in [3.8, 4) is 11.1 Å². The Morgan fingerprint density at radius 3 is 2.33 bits per heavy atom. The molecule has 0 amide bonds. The molecule has 1 aromatic heterocycles. The van der Waals surface area contributed by atoms with E-state index in [0.717, 1.165) is 83.3 Å². The van der Waals surface area contributed by atoms with Gasteiger partial charge in [-0.15, -0.1) is 0 Å². The van der Waals surface area contributed by atoms with Crippen LogP contribution in [-0.2, 0) is 22.6 Å². The van der Waals surface area contributed by atoms with E-state index in [1.165, 1.54) is 0 Å². The molecule has 0 spiro atoms. The molecule has 7 rings (SSSR count). The van der Waals surface area contributed by atoms with Gasteiger partial charge >= 0.3 is 5.69 Å². The summed E-state index contributed by atoms with van der Waals surface area (Å²) in [6.45, 7) is 3.12. The van der Waals surface area contributed by atoms with Gasteiger partial charge in [0.05, 0.1) is 29.8 Å². The number of aliphatic hydroxyl groups excluding tert-OH is 1. The van der Waals surface area contributed by atoms with Gasteiger partial charge < -0.3 is 30.2 Å². The molecule has 0 bridgehead atoms. The van der Waals surface area contributed by atoms with Crippen molar-refractivity contribution in [3.05, 3.63) is 130 Å². The number of piperidine rings is 1. The number of nitrogens with one attached hydrogen (secondary N) is 1. The maximum absolute atomic E-state index is 12.8. The van der Waals surface area contributed by atoms with E-state index in [0.29, 0.717) is 6.54 Å². The molecule has 0 radical (unpaired) electrons. The fraction of sp³-hybridized carbons (Fsp3) is 0.324. The van der Waals surface area contributed by atoms with E-state index >= 15 is 0 Å². The lowest BCUT2D eigenvalue weighted by molar-refractivity contribution is -0.253. The molecule has 0 unspecified atom stereocenters. The Morgan fingerprint density at radius 2 is 1.58 bits per heavy atom. The molecule has 8 heteroatoms. The Balaban J connectivity index is 1.07. The average Bonchev–Trinajstić information content (AvgIpc) is 3.44. The van der Waals surface area contributed by atoms with Crippen LogP contribution in [0.15, 0.2) is 102 Å². The molecule has 45 heavy (non-hydrogen) atoms. The van der Waals surface area contributed by atoms with Crippen molar-refractivity contribution in [2.75, 3.05) is 19.6 Å². The first-order chi connectivity index (χ1) is 22.1. The number of imidazole rings is 1. The van der Waals surface area contributed by atoms with Gasteiger partial charge in [0.1, 0.15) is 0 Å². The van der Waals surface area contributed by atoms with Gasteiger partial charge in [-0.1, -0.05) is 78.9 Å². The zero-order chi connectivity index (χ0) is 30.8. The van der Waals surface area contributed by atoms with Crippen LogP contribution in [0.4, 0.5) is 0 Å². The highest BCUT2D eigenvalue weighted by Gasteiger charge is 2.34. The molecule has 8 nitrogen and oxygen atoms in total. The minimum absolute atomic E-state index is 0.0152. The van der Waals surface area contributed by atoms with Gasteiger partial charge in [-0.25, -0.2) is 4.79 Å². The minimum Gasteiger partial charge on any atom is -0.392 e. The summed E-state index contributed by atoms with van der Waals surface area (Å²) < 4.78 is 15.2. The average molecular weight is 605 g/mol. The second-order valence-corrected chi connectivity index (χ2v) is 12.2. The van der Waals surface area contributed by atoms with Crippen molar-refractivity contribution in [2.45, 2.75) is 57.0 Å². The predicted molar refractivity (Wildman–Crippen MR) is 175 cm³/mol. The Bertz CT molecular complexity index is 1790. The number of hydrogen-bond acceptors (Lipinski definition) is 6. The number of benzene rings is 4. The number of aromatic amines is 1. The highest BCUT2D eigenvalue weighted by atomic mass is 16.7. The van der Waals surface area contributed by atoms with E-state index in [9.17, 15) is 9.90 Å². The van der Waals surface area contributed by atoms with Crippen molar-refractivity contribution < 1.29 is 14.6 Å². The molecule has 0 saturated carbocycles. The maximum Gasteiger partial charge on any atom is 0.326 e. The number of likely N-dealkylation sites (tertiary alicyclic amines) is 1. The van der Waals surface area contributed by atoms with Crippen molar-refractivity contribution in [1.29, 1.82) is 0 Å². The minimum atomic E-state index is -0.502. The second kappa shape index (κ2) is 13.1. The lowest BCUT2D eigenvalue weighted by Crippen LogP contribution is -2.43. The third-order valence-electron chi connectivity index (χ3n) is 9.30. The number of aromatic nitrogens is 2. The molecule has 3 atom stereocenters. The molecule has 0 aliphatic carbocycles. The Hall–Kier alpha value is -4.05. The molecule has 2 fully saturated rings. The van der Waals surface area contributed by atoms with Crippen LogP contribution in [0.2, 0.25) is 0 Å². The number of H-pyrrole nitrogens is 1. The molecular weight excluding hydrogens is 564 g/mol. The monoisotopic (exact) mass is 604 g/mol. The Kier molecular flexibility index (Phi) is 8.65. The highest BCUT2D eigenvalue weighted by molar-refractivity contribution is 5.75. The number of hydrogen-bond donors (Lipinski definition) is 3. The van der Waals surface area contributed by atoms with E-state index in [1.807, 2.05) is 65.2 Å². The molecule has 4 aromatic carbocycles. The van der Waals surface area contributed by atoms with Crippen molar-refractivity contribution in [1.82, 2.24) is 14.5 Å². The summed E-state index contributed by atoms with van der Waals surface area (Å²) in [5, 5.41) is 9.55. The molecule has 2 aliphatic rings. The van der Waals surface area contributed by atoms with E-state index in [2.05, 4.69) is 46.3 Å². The Labute approximate surface area is 263 Å². The molecule has 2 aliphatic heterocycles. The molecule has 3 heterocycles. The van der Waals surface area contributed by atoms with Crippen molar-refractivity contribution >= 4 is 11.0 Å². The summed E-state index contributed by atoms with van der Waals surface area (Å²) in [6.07, 6.45) is 1.89. The van der Waals surface area contributed by atoms with Crippen molar-refractivity contribution in [3.63, 3.8) is 0 Å². The third-order valence-corrected chi connectivity index (χ3v) is 9.30. The van der Waals surface area contributed by atoms with Crippen LogP contribution in [0.1, 0.15) is 60.0 Å². The Morgan fingerprint density at radius 1 is 0.822 bits per heavy atom. The third kappa shape index (κ3) is 6.38. The predicted octanol–water partition coefficient (Wildman–Crippen LogP) is 5.83. The normalized spacial score (nSPS) is 21.3. The molecule has 2 saturated heterocycles. The molecule has 232 valence electrons. The zero-order valence-electron chi connectivity index (χ0n) is 25.3. The topological polar surface area (TPSA) is 106 Å². The summed E-state index contributed by atoms with van der Waals surface area (Å²) in [5.41, 5.74) is 14.0. The second-order valence-electron chi connectivity index (χ2n) is 12.2. The van der Waals surface area contributed by atoms with E-state index in [1.54, 1.807) is 0 Å². The highest BCUT2D eigenvalue weighted by Crippen LogP contribution is 2.39. The fourth-order valence-corrected chi connectivity index (χ4v) is 6.83. The number of rotatable bonds is 8. The number of aliphatic hydroxyl groups is 1. The van der Waals surface area contributed by atoms with Crippen LogP contribution in [-0.4, -0.2) is 45.3 Å². The smallest absolute Gasteiger partial charge is 0.326 e. The summed E-state index contributed by atoms with van der Waals surface area (Å²) in [4.78, 5) is 18.3. The van der Waals surface area contributed by atoms with Crippen LogP contribution in [0, 0.1) is 0 Å². The van der Waals surface area contributed by atoms with Gasteiger partial charge in [-0.05, 0) is 58.9 Å². The first-order valence-corrected chi connectivity index (χ1v) is 15.9. The first-order valence-electron chi connectivity index (χ1n) is 15.9. The van der Waals surface area contributed by atoms with E-state index in [4.69, 9.17) is 15.2 Å². The summed E-state index contributed by atoms with van der Waals surface area (Å²) >= 11 is 0. The van der Waals surface area contributed by atoms with Gasteiger partial charge in [0.2, 0.25) is 0 Å².